The second kappa shape index (κ2) is 5.15. The van der Waals surface area contributed by atoms with E-state index >= 15 is 0 Å². The molecule has 0 spiro atoms. The summed E-state index contributed by atoms with van der Waals surface area (Å²) in [6.07, 6.45) is 6.78. The molecule has 1 N–H and O–H groups in total. The maximum absolute atomic E-state index is 5.91. The van der Waals surface area contributed by atoms with E-state index in [1.54, 1.807) is 6.20 Å². The van der Waals surface area contributed by atoms with Crippen LogP contribution in [0.4, 0.5) is 5.82 Å². The number of nitrogens with zero attached hydrogens (tertiary/aromatic N) is 3. The molecule has 2 saturated heterocycles. The van der Waals surface area contributed by atoms with Gasteiger partial charge in [-0.05, 0) is 64.6 Å². The van der Waals surface area contributed by atoms with Gasteiger partial charge in [0.2, 0.25) is 5.28 Å². The van der Waals surface area contributed by atoms with Gasteiger partial charge in [-0.1, -0.05) is 0 Å². The SMILES string of the molecule is Cc1cnc(Cl)nc1NC1CC2CCCN2C(C)(C)C1. The molecule has 5 heteroatoms. The highest BCUT2D eigenvalue weighted by atomic mass is 35.5. The van der Waals surface area contributed by atoms with Gasteiger partial charge in [-0.25, -0.2) is 9.97 Å². The van der Waals surface area contributed by atoms with Crippen molar-refractivity contribution in [2.24, 2.45) is 0 Å². The Morgan fingerprint density at radius 2 is 2.25 bits per heavy atom. The zero-order valence-electron chi connectivity index (χ0n) is 12.5. The van der Waals surface area contributed by atoms with Crippen molar-refractivity contribution in [1.29, 1.82) is 0 Å². The average molecular weight is 295 g/mol. The molecule has 0 amide bonds. The molecule has 1 aromatic rings. The standard InChI is InChI=1S/C15H23ClN4/c1-10-9-17-14(16)19-13(10)18-11-7-12-5-4-6-20(12)15(2,3)8-11/h9,11-12H,4-8H2,1-3H3,(H,17,18,19). The summed E-state index contributed by atoms with van der Waals surface area (Å²) in [7, 11) is 0. The maximum Gasteiger partial charge on any atom is 0.224 e. The molecule has 2 atom stereocenters. The minimum atomic E-state index is 0.266. The van der Waals surface area contributed by atoms with E-state index in [0.717, 1.165) is 17.8 Å². The number of hydrogen-bond donors (Lipinski definition) is 1. The van der Waals surface area contributed by atoms with E-state index in [1.165, 1.54) is 25.8 Å². The average Bonchev–Trinajstić information content (AvgIpc) is 2.82. The van der Waals surface area contributed by atoms with Crippen molar-refractivity contribution >= 4 is 17.4 Å². The van der Waals surface area contributed by atoms with Crippen LogP contribution in [0, 0.1) is 6.92 Å². The summed E-state index contributed by atoms with van der Waals surface area (Å²) in [4.78, 5) is 11.0. The lowest BCUT2D eigenvalue weighted by molar-refractivity contribution is 0.0501. The summed E-state index contributed by atoms with van der Waals surface area (Å²) in [5.41, 5.74) is 1.32. The van der Waals surface area contributed by atoms with E-state index in [1.807, 2.05) is 6.92 Å². The first-order chi connectivity index (χ1) is 9.45. The smallest absolute Gasteiger partial charge is 0.224 e. The van der Waals surface area contributed by atoms with Gasteiger partial charge in [0.05, 0.1) is 0 Å². The third-order valence-corrected chi connectivity index (χ3v) is 4.92. The monoisotopic (exact) mass is 294 g/mol. The number of piperidine rings is 1. The summed E-state index contributed by atoms with van der Waals surface area (Å²) in [6.45, 7) is 8.00. The molecule has 20 heavy (non-hydrogen) atoms. The Morgan fingerprint density at radius 1 is 1.45 bits per heavy atom. The lowest BCUT2D eigenvalue weighted by Crippen LogP contribution is -2.55. The Kier molecular flexibility index (Phi) is 3.63. The maximum atomic E-state index is 5.91. The summed E-state index contributed by atoms with van der Waals surface area (Å²) in [5, 5.41) is 3.91. The molecule has 0 aliphatic carbocycles. The van der Waals surface area contributed by atoms with E-state index < -0.39 is 0 Å². The zero-order valence-corrected chi connectivity index (χ0v) is 13.2. The Morgan fingerprint density at radius 3 is 3.05 bits per heavy atom. The largest absolute Gasteiger partial charge is 0.367 e. The third kappa shape index (κ3) is 2.63. The highest BCUT2D eigenvalue weighted by Gasteiger charge is 2.42. The van der Waals surface area contributed by atoms with Crippen LogP contribution in [-0.4, -0.2) is 39.0 Å². The number of fused-ring (bicyclic) bond motifs is 1. The van der Waals surface area contributed by atoms with Crippen LogP contribution >= 0.6 is 11.6 Å². The Bertz CT molecular complexity index is 503. The van der Waals surface area contributed by atoms with Crippen molar-refractivity contribution in [3.63, 3.8) is 0 Å². The molecule has 0 bridgehead atoms. The molecule has 110 valence electrons. The summed E-state index contributed by atoms with van der Waals surface area (Å²) >= 11 is 5.91. The van der Waals surface area contributed by atoms with Crippen molar-refractivity contribution in [3.05, 3.63) is 17.0 Å². The normalized spacial score (nSPS) is 29.2. The minimum Gasteiger partial charge on any atom is -0.367 e. The van der Waals surface area contributed by atoms with Gasteiger partial charge in [0.1, 0.15) is 5.82 Å². The zero-order chi connectivity index (χ0) is 14.3. The van der Waals surface area contributed by atoms with Crippen molar-refractivity contribution in [2.75, 3.05) is 11.9 Å². The second-order valence-electron chi connectivity index (χ2n) is 6.75. The van der Waals surface area contributed by atoms with E-state index in [4.69, 9.17) is 11.6 Å². The van der Waals surface area contributed by atoms with Gasteiger partial charge in [0.25, 0.3) is 0 Å². The fraction of sp³-hybridized carbons (Fsp3) is 0.733. The number of nitrogens with one attached hydrogen (secondary N) is 1. The van der Waals surface area contributed by atoms with Crippen LogP contribution in [0.3, 0.4) is 0 Å². The van der Waals surface area contributed by atoms with E-state index in [2.05, 4.69) is 34.0 Å². The topological polar surface area (TPSA) is 41.1 Å². The van der Waals surface area contributed by atoms with Crippen LogP contribution in [0.2, 0.25) is 5.28 Å². The highest BCUT2D eigenvalue weighted by molar-refractivity contribution is 6.28. The Labute approximate surface area is 125 Å². The molecule has 1 aromatic heterocycles. The Balaban J connectivity index is 1.76. The van der Waals surface area contributed by atoms with Crippen LogP contribution < -0.4 is 5.32 Å². The fourth-order valence-electron chi connectivity index (χ4n) is 3.88. The summed E-state index contributed by atoms with van der Waals surface area (Å²) < 4.78 is 0. The molecule has 2 unspecified atom stereocenters. The third-order valence-electron chi connectivity index (χ3n) is 4.74. The molecule has 0 radical (unpaired) electrons. The second-order valence-corrected chi connectivity index (χ2v) is 7.09. The lowest BCUT2D eigenvalue weighted by atomic mass is 9.84. The quantitative estimate of drug-likeness (QED) is 0.850. The van der Waals surface area contributed by atoms with Gasteiger partial charge in [-0.2, -0.15) is 0 Å². The molecule has 2 fully saturated rings. The van der Waals surface area contributed by atoms with Gasteiger partial charge in [-0.15, -0.1) is 0 Å². The molecular formula is C15H23ClN4. The Hall–Kier alpha value is -0.870. The molecule has 4 nitrogen and oxygen atoms in total. The highest BCUT2D eigenvalue weighted by Crippen LogP contribution is 2.38. The number of halogens is 1. The number of hydrogen-bond acceptors (Lipinski definition) is 4. The van der Waals surface area contributed by atoms with Crippen LogP contribution in [-0.2, 0) is 0 Å². The fourth-order valence-corrected chi connectivity index (χ4v) is 4.01. The number of rotatable bonds is 2. The van der Waals surface area contributed by atoms with Gasteiger partial charge in [0, 0.05) is 29.4 Å². The molecule has 0 aromatic carbocycles. The van der Waals surface area contributed by atoms with E-state index in [0.29, 0.717) is 17.4 Å². The van der Waals surface area contributed by atoms with Crippen LogP contribution in [0.1, 0.15) is 45.1 Å². The van der Waals surface area contributed by atoms with Crippen LogP contribution in [0.25, 0.3) is 0 Å². The number of anilines is 1. The predicted molar refractivity (Wildman–Crippen MR) is 82.2 cm³/mol. The van der Waals surface area contributed by atoms with Crippen molar-refractivity contribution in [2.45, 2.75) is 64.1 Å². The first kappa shape index (κ1) is 14.1. The van der Waals surface area contributed by atoms with Gasteiger partial charge < -0.3 is 5.32 Å². The van der Waals surface area contributed by atoms with Crippen molar-refractivity contribution in [3.8, 4) is 0 Å². The van der Waals surface area contributed by atoms with Gasteiger partial charge in [0.15, 0.2) is 0 Å². The summed E-state index contributed by atoms with van der Waals surface area (Å²) in [5.74, 6) is 0.886. The molecule has 0 saturated carbocycles. The molecular weight excluding hydrogens is 272 g/mol. The van der Waals surface area contributed by atoms with Crippen LogP contribution in [0.15, 0.2) is 6.20 Å². The van der Waals surface area contributed by atoms with Crippen molar-refractivity contribution < 1.29 is 0 Å². The molecule has 3 rings (SSSR count). The van der Waals surface area contributed by atoms with Crippen molar-refractivity contribution in [1.82, 2.24) is 14.9 Å². The number of aromatic nitrogens is 2. The lowest BCUT2D eigenvalue weighted by Gasteiger charge is -2.48. The van der Waals surface area contributed by atoms with Crippen LogP contribution in [0.5, 0.6) is 0 Å². The van der Waals surface area contributed by atoms with Gasteiger partial charge in [-0.3, -0.25) is 4.90 Å². The van der Waals surface area contributed by atoms with Gasteiger partial charge >= 0.3 is 0 Å². The predicted octanol–water partition coefficient (Wildman–Crippen LogP) is 3.26. The first-order valence-electron chi connectivity index (χ1n) is 7.48. The van der Waals surface area contributed by atoms with E-state index in [-0.39, 0.29) is 5.54 Å². The van der Waals surface area contributed by atoms with E-state index in [9.17, 15) is 0 Å². The molecule has 3 heterocycles. The summed E-state index contributed by atoms with van der Waals surface area (Å²) in [6, 6.07) is 1.18. The molecule has 2 aliphatic rings. The minimum absolute atomic E-state index is 0.266. The first-order valence-corrected chi connectivity index (χ1v) is 7.86. The molecule has 2 aliphatic heterocycles. The number of aryl methyl sites for hydroxylation is 1.